The van der Waals surface area contributed by atoms with Crippen molar-refractivity contribution >= 4 is 59.1 Å². The maximum atomic E-state index is 5.97. The second-order valence-corrected chi connectivity index (χ2v) is 7.16. The van der Waals surface area contributed by atoms with Gasteiger partial charge in [-0.15, -0.1) is 11.3 Å². The van der Waals surface area contributed by atoms with Crippen molar-refractivity contribution in [3.05, 3.63) is 48.5 Å². The predicted octanol–water partition coefficient (Wildman–Crippen LogP) is 6.06. The van der Waals surface area contributed by atoms with Crippen LogP contribution >= 0.6 is 59.1 Å². The molecule has 0 bridgehead atoms. The molecule has 5 heteroatoms. The summed E-state index contributed by atoms with van der Waals surface area (Å²) in [6.45, 7) is 2.66. The monoisotopic (exact) mass is 452 g/mol. The fraction of sp³-hybridized carbons (Fsp3) is 0.231. The number of alkyl halides is 1. The van der Waals surface area contributed by atoms with Gasteiger partial charge < -0.3 is 4.74 Å². The molecule has 0 unspecified atom stereocenters. The van der Waals surface area contributed by atoms with Crippen LogP contribution in [-0.4, -0.2) is 0 Å². The minimum atomic E-state index is 0.598. The summed E-state index contributed by atoms with van der Waals surface area (Å²) in [7, 11) is 0. The van der Waals surface area contributed by atoms with Crippen LogP contribution in [0.1, 0.15) is 16.0 Å². The zero-order valence-electron chi connectivity index (χ0n) is 9.67. The van der Waals surface area contributed by atoms with Gasteiger partial charge in [0.1, 0.15) is 12.4 Å². The summed E-state index contributed by atoms with van der Waals surface area (Å²) in [4.78, 5) is 1.21. The van der Waals surface area contributed by atoms with E-state index in [2.05, 4.69) is 72.2 Å². The first-order valence-electron chi connectivity index (χ1n) is 5.31. The number of thiophene rings is 1. The highest BCUT2D eigenvalue weighted by atomic mass is 79.9. The summed E-state index contributed by atoms with van der Waals surface area (Å²) in [6.07, 6.45) is 0. The van der Waals surface area contributed by atoms with Crippen LogP contribution in [0.2, 0.25) is 0 Å². The Morgan fingerprint density at radius 2 is 2.06 bits per heavy atom. The molecule has 0 N–H and O–H groups in total. The van der Waals surface area contributed by atoms with Crippen molar-refractivity contribution in [1.82, 2.24) is 0 Å². The van der Waals surface area contributed by atoms with Gasteiger partial charge in [0.25, 0.3) is 0 Å². The first-order valence-corrected chi connectivity index (χ1v) is 8.90. The normalized spacial score (nSPS) is 10.7. The molecule has 18 heavy (non-hydrogen) atoms. The molecule has 2 aromatic rings. The molecule has 0 spiro atoms. The Morgan fingerprint density at radius 1 is 1.28 bits per heavy atom. The van der Waals surface area contributed by atoms with Crippen LogP contribution < -0.4 is 4.74 Å². The number of hydrogen-bond acceptors (Lipinski definition) is 2. The number of rotatable bonds is 4. The van der Waals surface area contributed by atoms with E-state index in [0.29, 0.717) is 6.61 Å². The van der Waals surface area contributed by atoms with Crippen molar-refractivity contribution < 1.29 is 4.74 Å². The summed E-state index contributed by atoms with van der Waals surface area (Å²) in [6, 6.07) is 6.20. The van der Waals surface area contributed by atoms with Crippen LogP contribution in [0, 0.1) is 6.92 Å². The first kappa shape index (κ1) is 14.6. The van der Waals surface area contributed by atoms with E-state index in [-0.39, 0.29) is 0 Å². The molecule has 1 aromatic heterocycles. The molecule has 1 heterocycles. The quantitative estimate of drug-likeness (QED) is 0.510. The summed E-state index contributed by atoms with van der Waals surface area (Å²) in [5.41, 5.74) is 2.31. The van der Waals surface area contributed by atoms with Crippen LogP contribution in [0.25, 0.3) is 0 Å². The lowest BCUT2D eigenvalue weighted by molar-refractivity contribution is 0.304. The van der Waals surface area contributed by atoms with Gasteiger partial charge in [-0.3, -0.25) is 0 Å². The molecule has 96 valence electrons. The van der Waals surface area contributed by atoms with Gasteiger partial charge in [-0.1, -0.05) is 31.9 Å². The molecule has 2 rings (SSSR count). The zero-order chi connectivity index (χ0) is 13.1. The van der Waals surface area contributed by atoms with E-state index < -0.39 is 0 Å². The maximum absolute atomic E-state index is 5.97. The summed E-state index contributed by atoms with van der Waals surface area (Å²) < 4.78 is 8.16. The van der Waals surface area contributed by atoms with Crippen molar-refractivity contribution in [3.8, 4) is 5.75 Å². The number of hydrogen-bond donors (Lipinski definition) is 0. The summed E-state index contributed by atoms with van der Waals surface area (Å²) in [5.74, 6) is 0.968. The molecule has 0 aliphatic heterocycles. The highest BCUT2D eigenvalue weighted by molar-refractivity contribution is 9.11. The van der Waals surface area contributed by atoms with Crippen molar-refractivity contribution in [2.24, 2.45) is 0 Å². The molecule has 0 atom stereocenters. The SMILES string of the molecule is Cc1cc(Br)cc(CBr)c1OCc1sccc1Br. The lowest BCUT2D eigenvalue weighted by atomic mass is 10.1. The molecule has 0 saturated carbocycles. The predicted molar refractivity (Wildman–Crippen MR) is 87.9 cm³/mol. The molecule has 1 nitrogen and oxygen atoms in total. The van der Waals surface area contributed by atoms with E-state index in [1.54, 1.807) is 11.3 Å². The van der Waals surface area contributed by atoms with Crippen LogP contribution in [-0.2, 0) is 11.9 Å². The van der Waals surface area contributed by atoms with Crippen LogP contribution in [0.3, 0.4) is 0 Å². The van der Waals surface area contributed by atoms with Crippen LogP contribution in [0.4, 0.5) is 0 Å². The summed E-state index contributed by atoms with van der Waals surface area (Å²) >= 11 is 12.2. The van der Waals surface area contributed by atoms with Crippen molar-refractivity contribution in [1.29, 1.82) is 0 Å². The van der Waals surface area contributed by atoms with Gasteiger partial charge in [0, 0.05) is 19.8 Å². The topological polar surface area (TPSA) is 9.23 Å². The minimum Gasteiger partial charge on any atom is -0.487 e. The lowest BCUT2D eigenvalue weighted by Gasteiger charge is -2.13. The second kappa shape index (κ2) is 6.55. The Kier molecular flexibility index (Phi) is 5.30. The van der Waals surface area contributed by atoms with Crippen LogP contribution in [0.5, 0.6) is 5.75 Å². The van der Waals surface area contributed by atoms with Gasteiger partial charge in [-0.2, -0.15) is 0 Å². The molecule has 0 radical (unpaired) electrons. The number of halogens is 3. The number of benzene rings is 1. The van der Waals surface area contributed by atoms with Crippen molar-refractivity contribution in [2.75, 3.05) is 0 Å². The molecule has 0 amide bonds. The van der Waals surface area contributed by atoms with Crippen molar-refractivity contribution in [2.45, 2.75) is 18.9 Å². The number of aryl methyl sites for hydroxylation is 1. The molecular weight excluding hydrogens is 444 g/mol. The van der Waals surface area contributed by atoms with Gasteiger partial charge >= 0.3 is 0 Å². The molecule has 0 aliphatic rings. The van der Waals surface area contributed by atoms with Gasteiger partial charge in [0.2, 0.25) is 0 Å². The fourth-order valence-electron chi connectivity index (χ4n) is 1.67. The Balaban J connectivity index is 2.21. The third-order valence-corrected chi connectivity index (χ3v) is 5.46. The van der Waals surface area contributed by atoms with E-state index in [4.69, 9.17) is 4.74 Å². The Morgan fingerprint density at radius 3 is 2.67 bits per heavy atom. The third-order valence-electron chi connectivity index (χ3n) is 2.50. The van der Waals surface area contributed by atoms with Gasteiger partial charge in [0.15, 0.2) is 0 Å². The largest absolute Gasteiger partial charge is 0.487 e. The van der Waals surface area contributed by atoms with Crippen LogP contribution in [0.15, 0.2) is 32.5 Å². The molecule has 1 aromatic carbocycles. The van der Waals surface area contributed by atoms with Gasteiger partial charge in [-0.25, -0.2) is 0 Å². The van der Waals surface area contributed by atoms with E-state index in [9.17, 15) is 0 Å². The maximum Gasteiger partial charge on any atom is 0.126 e. The highest BCUT2D eigenvalue weighted by Crippen LogP contribution is 2.31. The van der Waals surface area contributed by atoms with E-state index >= 15 is 0 Å². The highest BCUT2D eigenvalue weighted by Gasteiger charge is 2.10. The summed E-state index contributed by atoms with van der Waals surface area (Å²) in [5, 5.41) is 2.84. The average Bonchev–Trinajstić information content (AvgIpc) is 2.73. The average molecular weight is 455 g/mol. The molecular formula is C13H11Br3OS. The van der Waals surface area contributed by atoms with Crippen molar-refractivity contribution in [3.63, 3.8) is 0 Å². The second-order valence-electron chi connectivity index (χ2n) is 3.82. The Bertz CT molecular complexity index is 551. The molecule has 0 fully saturated rings. The third kappa shape index (κ3) is 3.38. The Hall–Kier alpha value is 0.160. The number of ether oxygens (including phenoxy) is 1. The Labute approximate surface area is 136 Å². The first-order chi connectivity index (χ1) is 8.61. The lowest BCUT2D eigenvalue weighted by Crippen LogP contribution is -1.99. The van der Waals surface area contributed by atoms with E-state index in [0.717, 1.165) is 31.2 Å². The molecule has 0 aliphatic carbocycles. The van der Waals surface area contributed by atoms with E-state index in [1.165, 1.54) is 4.88 Å². The zero-order valence-corrected chi connectivity index (χ0v) is 15.2. The standard InChI is InChI=1S/C13H11Br3OS/c1-8-4-10(15)5-9(6-14)13(8)17-7-12-11(16)2-3-18-12/h2-5H,6-7H2,1H3. The van der Waals surface area contributed by atoms with Gasteiger partial charge in [0.05, 0.1) is 4.88 Å². The fourth-order valence-corrected chi connectivity index (χ4v) is 4.09. The van der Waals surface area contributed by atoms with Gasteiger partial charge in [-0.05, 0) is 52.0 Å². The minimum absolute atomic E-state index is 0.598. The van der Waals surface area contributed by atoms with E-state index in [1.807, 2.05) is 6.07 Å². The molecule has 0 saturated heterocycles. The smallest absolute Gasteiger partial charge is 0.126 e.